The fourth-order valence-corrected chi connectivity index (χ4v) is 1.55. The second-order valence-electron chi connectivity index (χ2n) is 5.71. The van der Waals surface area contributed by atoms with Gasteiger partial charge in [0.15, 0.2) is 0 Å². The number of aliphatic carboxylic acids is 2. The van der Waals surface area contributed by atoms with Crippen LogP contribution in [0.5, 0.6) is 0 Å². The third-order valence-electron chi connectivity index (χ3n) is 3.17. The van der Waals surface area contributed by atoms with Gasteiger partial charge in [0.1, 0.15) is 0 Å². The Kier molecular flexibility index (Phi) is 14.7. The summed E-state index contributed by atoms with van der Waals surface area (Å²) in [6.45, 7) is 9.49. The van der Waals surface area contributed by atoms with Gasteiger partial charge in [0, 0.05) is 52.4 Å². The zero-order chi connectivity index (χ0) is 22.4. The van der Waals surface area contributed by atoms with Crippen LogP contribution in [0.4, 0.5) is 26.3 Å². The largest absolute Gasteiger partial charge is 0.490 e. The van der Waals surface area contributed by atoms with Crippen LogP contribution < -0.4 is 10.6 Å². The minimum Gasteiger partial charge on any atom is -0.475 e. The molecule has 2 saturated heterocycles. The molecule has 0 radical (unpaired) electrons. The lowest BCUT2D eigenvalue weighted by Gasteiger charge is -2.21. The van der Waals surface area contributed by atoms with E-state index in [1.54, 1.807) is 0 Å². The standard InChI is InChI=1S/2C5H12N2.2C2HF3O2/c2*1-7-4-2-6-3-5-7;2*3-2(4,5)1(6)7/h2*6H,2-5H2,1H3;2*(H,6,7). The molecule has 0 aliphatic carbocycles. The number of carboxylic acid groups (broad SMARTS) is 2. The molecule has 8 nitrogen and oxygen atoms in total. The third-order valence-corrected chi connectivity index (χ3v) is 3.17. The highest BCUT2D eigenvalue weighted by atomic mass is 19.4. The van der Waals surface area contributed by atoms with E-state index in [-0.39, 0.29) is 0 Å². The van der Waals surface area contributed by atoms with Gasteiger partial charge in [-0.05, 0) is 14.1 Å². The average molecular weight is 428 g/mol. The number of nitrogens with zero attached hydrogens (tertiary/aromatic N) is 2. The molecule has 2 rings (SSSR count). The quantitative estimate of drug-likeness (QED) is 0.409. The van der Waals surface area contributed by atoms with E-state index in [0.29, 0.717) is 0 Å². The molecule has 0 bridgehead atoms. The summed E-state index contributed by atoms with van der Waals surface area (Å²) in [6, 6.07) is 0. The molecule has 0 unspecified atom stereocenters. The number of halogens is 6. The molecular formula is C14H26F6N4O4. The van der Waals surface area contributed by atoms with Crippen molar-refractivity contribution in [2.24, 2.45) is 0 Å². The van der Waals surface area contributed by atoms with Gasteiger partial charge in [-0.2, -0.15) is 26.3 Å². The van der Waals surface area contributed by atoms with E-state index in [1.165, 1.54) is 26.2 Å². The number of carbonyl (C=O) groups is 2. The van der Waals surface area contributed by atoms with Gasteiger partial charge in [0.25, 0.3) is 0 Å². The summed E-state index contributed by atoms with van der Waals surface area (Å²) < 4.78 is 63.5. The molecule has 2 aliphatic rings. The molecule has 0 aromatic carbocycles. The van der Waals surface area contributed by atoms with Gasteiger partial charge in [0.2, 0.25) is 0 Å². The molecule has 2 fully saturated rings. The zero-order valence-corrected chi connectivity index (χ0v) is 15.5. The van der Waals surface area contributed by atoms with Gasteiger partial charge in [-0.15, -0.1) is 0 Å². The highest BCUT2D eigenvalue weighted by Crippen LogP contribution is 2.13. The second-order valence-corrected chi connectivity index (χ2v) is 5.71. The van der Waals surface area contributed by atoms with Gasteiger partial charge < -0.3 is 30.6 Å². The number of nitrogens with one attached hydrogen (secondary N) is 2. The zero-order valence-electron chi connectivity index (χ0n) is 15.5. The molecule has 0 atom stereocenters. The van der Waals surface area contributed by atoms with E-state index < -0.39 is 24.3 Å². The molecule has 2 heterocycles. The Bertz CT molecular complexity index is 397. The first-order chi connectivity index (χ1) is 12.7. The van der Waals surface area contributed by atoms with Crippen molar-refractivity contribution in [3.8, 4) is 0 Å². The lowest BCUT2D eigenvalue weighted by Crippen LogP contribution is -2.40. The third kappa shape index (κ3) is 19.1. The predicted octanol–water partition coefficient (Wildman–Crippen LogP) is 0.309. The summed E-state index contributed by atoms with van der Waals surface area (Å²) in [5, 5.41) is 20.8. The summed E-state index contributed by atoms with van der Waals surface area (Å²) >= 11 is 0. The summed E-state index contributed by atoms with van der Waals surface area (Å²) in [6.07, 6.45) is -10.2. The van der Waals surface area contributed by atoms with Crippen molar-refractivity contribution in [1.29, 1.82) is 0 Å². The Morgan fingerprint density at radius 1 is 0.679 bits per heavy atom. The number of hydrogen-bond donors (Lipinski definition) is 4. The van der Waals surface area contributed by atoms with Crippen LogP contribution in [0.3, 0.4) is 0 Å². The summed E-state index contributed by atoms with van der Waals surface area (Å²) in [5.41, 5.74) is 0. The molecule has 28 heavy (non-hydrogen) atoms. The molecule has 0 aromatic rings. The average Bonchev–Trinajstić information content (AvgIpc) is 2.56. The van der Waals surface area contributed by atoms with E-state index in [9.17, 15) is 26.3 Å². The van der Waals surface area contributed by atoms with Crippen LogP contribution in [0.15, 0.2) is 0 Å². The van der Waals surface area contributed by atoms with Crippen molar-refractivity contribution in [2.45, 2.75) is 12.4 Å². The molecule has 0 aromatic heterocycles. The lowest BCUT2D eigenvalue weighted by atomic mass is 10.4. The van der Waals surface area contributed by atoms with Gasteiger partial charge in [-0.25, -0.2) is 9.59 Å². The van der Waals surface area contributed by atoms with Crippen molar-refractivity contribution in [3.05, 3.63) is 0 Å². The monoisotopic (exact) mass is 428 g/mol. The van der Waals surface area contributed by atoms with E-state index >= 15 is 0 Å². The first-order valence-corrected chi connectivity index (χ1v) is 8.06. The topological polar surface area (TPSA) is 105 Å². The molecule has 2 aliphatic heterocycles. The van der Waals surface area contributed by atoms with Gasteiger partial charge in [-0.1, -0.05) is 0 Å². The van der Waals surface area contributed by atoms with Gasteiger partial charge >= 0.3 is 24.3 Å². The maximum absolute atomic E-state index is 10.6. The van der Waals surface area contributed by atoms with Crippen molar-refractivity contribution < 1.29 is 46.1 Å². The Morgan fingerprint density at radius 3 is 0.929 bits per heavy atom. The number of alkyl halides is 6. The Balaban J connectivity index is 0. The number of hydrogen-bond acceptors (Lipinski definition) is 6. The van der Waals surface area contributed by atoms with Crippen LogP contribution in [-0.4, -0.2) is 111 Å². The van der Waals surface area contributed by atoms with E-state index in [0.717, 1.165) is 26.2 Å². The smallest absolute Gasteiger partial charge is 0.475 e. The Hall–Kier alpha value is -1.64. The first kappa shape index (κ1) is 28.6. The van der Waals surface area contributed by atoms with Crippen LogP contribution in [0.1, 0.15) is 0 Å². The normalized spacial score (nSPS) is 18.3. The number of carboxylic acids is 2. The molecule has 14 heteroatoms. The van der Waals surface area contributed by atoms with Crippen molar-refractivity contribution in [2.75, 3.05) is 66.5 Å². The van der Waals surface area contributed by atoms with Crippen LogP contribution in [-0.2, 0) is 9.59 Å². The minimum absolute atomic E-state index is 1.16. The highest BCUT2D eigenvalue weighted by Gasteiger charge is 2.38. The molecule has 4 N–H and O–H groups in total. The maximum Gasteiger partial charge on any atom is 0.490 e. The lowest BCUT2D eigenvalue weighted by molar-refractivity contribution is -0.193. The van der Waals surface area contributed by atoms with Crippen LogP contribution in [0.2, 0.25) is 0 Å². The molecule has 0 spiro atoms. The Morgan fingerprint density at radius 2 is 0.857 bits per heavy atom. The molecule has 0 saturated carbocycles. The van der Waals surface area contributed by atoms with Gasteiger partial charge in [0.05, 0.1) is 0 Å². The molecular weight excluding hydrogens is 402 g/mol. The minimum atomic E-state index is -5.08. The van der Waals surface area contributed by atoms with Crippen molar-refractivity contribution in [1.82, 2.24) is 20.4 Å². The van der Waals surface area contributed by atoms with E-state index in [1.807, 2.05) is 0 Å². The van der Waals surface area contributed by atoms with Gasteiger partial charge in [-0.3, -0.25) is 0 Å². The second kappa shape index (κ2) is 14.4. The molecule has 168 valence electrons. The van der Waals surface area contributed by atoms with E-state index in [2.05, 4.69) is 34.5 Å². The van der Waals surface area contributed by atoms with Crippen molar-refractivity contribution >= 4 is 11.9 Å². The SMILES string of the molecule is CN1CCNCC1.CN1CCNCC1.O=C(O)C(F)(F)F.O=C(O)C(F)(F)F. The fourth-order valence-electron chi connectivity index (χ4n) is 1.55. The van der Waals surface area contributed by atoms with Crippen molar-refractivity contribution in [3.63, 3.8) is 0 Å². The highest BCUT2D eigenvalue weighted by molar-refractivity contribution is 5.73. The summed E-state index contributed by atoms with van der Waals surface area (Å²) in [5.74, 6) is -5.51. The number of likely N-dealkylation sites (N-methyl/N-ethyl adjacent to an activating group) is 2. The van der Waals surface area contributed by atoms with E-state index in [4.69, 9.17) is 19.8 Å². The van der Waals surface area contributed by atoms with Crippen LogP contribution >= 0.6 is 0 Å². The number of piperazine rings is 2. The first-order valence-electron chi connectivity index (χ1n) is 8.06. The maximum atomic E-state index is 10.6. The molecule has 0 amide bonds. The predicted molar refractivity (Wildman–Crippen MR) is 88.1 cm³/mol. The van der Waals surface area contributed by atoms with Crippen LogP contribution in [0, 0.1) is 0 Å². The van der Waals surface area contributed by atoms with Crippen LogP contribution in [0.25, 0.3) is 0 Å². The fraction of sp³-hybridized carbons (Fsp3) is 0.857. The summed E-state index contributed by atoms with van der Waals surface area (Å²) in [4.78, 5) is 22.5. The summed E-state index contributed by atoms with van der Waals surface area (Å²) in [7, 11) is 4.31. The number of rotatable bonds is 0. The Labute approximate surface area is 158 Å².